The molecule has 0 aromatic heterocycles. The van der Waals surface area contributed by atoms with Crippen molar-refractivity contribution in [2.24, 2.45) is 0 Å². The van der Waals surface area contributed by atoms with Gasteiger partial charge in [0.1, 0.15) is 0 Å². The summed E-state index contributed by atoms with van der Waals surface area (Å²) < 4.78 is 2.94. The van der Waals surface area contributed by atoms with E-state index >= 15 is 0 Å². The van der Waals surface area contributed by atoms with Crippen LogP contribution < -0.4 is 8.92 Å². The fourth-order valence-corrected chi connectivity index (χ4v) is 5.66. The third kappa shape index (κ3) is 3.33. The monoisotopic (exact) mass is 289 g/mol. The summed E-state index contributed by atoms with van der Waals surface area (Å²) in [5.74, 6) is 0. The molecule has 0 heterocycles. The maximum absolute atomic E-state index is 2.45. The summed E-state index contributed by atoms with van der Waals surface area (Å²) in [5.41, 5.74) is 1.41. The molecule has 0 saturated carbocycles. The molecule has 0 amide bonds. The van der Waals surface area contributed by atoms with Crippen LogP contribution in [0.25, 0.3) is 0 Å². The van der Waals surface area contributed by atoms with Crippen molar-refractivity contribution in [1.82, 2.24) is 0 Å². The molecule has 2 aromatic carbocycles. The van der Waals surface area contributed by atoms with Gasteiger partial charge in [0.25, 0.3) is 0 Å². The van der Waals surface area contributed by atoms with Crippen LogP contribution in [-0.4, -0.2) is 13.9 Å². The third-order valence-electron chi connectivity index (χ3n) is 2.35. The fourth-order valence-electron chi connectivity index (χ4n) is 1.64. The Morgan fingerprint density at radius 3 is 1.53 bits per heavy atom. The molecule has 0 aliphatic heterocycles. The van der Waals surface area contributed by atoms with Gasteiger partial charge in [-0.3, -0.25) is 0 Å². The molecular weight excluding hydrogens is 271 g/mol. The molecule has 0 spiro atoms. The summed E-state index contributed by atoms with van der Waals surface area (Å²) in [6, 6.07) is 21.7. The normalized spacial score (nSPS) is 10.3. The molecule has 2 aromatic rings. The quantitative estimate of drug-likeness (QED) is 0.762. The average Bonchev–Trinajstić information content (AvgIpc) is 2.38. The van der Waals surface area contributed by atoms with Crippen LogP contribution in [0.4, 0.5) is 0 Å². The van der Waals surface area contributed by atoms with Gasteiger partial charge >= 0.3 is 108 Å². The Morgan fingerprint density at radius 2 is 1.18 bits per heavy atom. The van der Waals surface area contributed by atoms with Gasteiger partial charge in [-0.15, -0.1) is 0 Å². The third-order valence-corrected chi connectivity index (χ3v) is 7.10. The Morgan fingerprint density at radius 1 is 0.765 bits per heavy atom. The number of rotatable bonds is 3. The predicted octanol–water partition coefficient (Wildman–Crippen LogP) is 2.80. The van der Waals surface area contributed by atoms with Gasteiger partial charge in [0.2, 0.25) is 0 Å². The van der Waals surface area contributed by atoms with Gasteiger partial charge in [0.05, 0.1) is 0 Å². The second-order valence-corrected chi connectivity index (χ2v) is 8.05. The Balaban J connectivity index is 2.43. The molecule has 0 aliphatic rings. The first-order valence-corrected chi connectivity index (χ1v) is 8.46. The van der Waals surface area contributed by atoms with Crippen molar-refractivity contribution in [2.75, 3.05) is 0 Å². The fraction of sp³-hybridized carbons (Fsp3) is 0.125. The van der Waals surface area contributed by atoms with Crippen LogP contribution in [0, 0.1) is 0 Å². The van der Waals surface area contributed by atoms with Gasteiger partial charge in [-0.05, 0) is 0 Å². The van der Waals surface area contributed by atoms with Gasteiger partial charge in [0.15, 0.2) is 0 Å². The summed E-state index contributed by atoms with van der Waals surface area (Å²) in [7, 11) is 0. The van der Waals surface area contributed by atoms with E-state index in [1.807, 2.05) is 0 Å². The van der Waals surface area contributed by atoms with Crippen molar-refractivity contribution in [2.45, 2.75) is 13.8 Å². The van der Waals surface area contributed by atoms with E-state index < -0.39 is 13.9 Å². The molecule has 1 heteroatoms. The Kier molecular flexibility index (Phi) is 4.19. The van der Waals surface area contributed by atoms with Gasteiger partial charge in [-0.1, -0.05) is 0 Å². The van der Waals surface area contributed by atoms with E-state index in [1.54, 1.807) is 0 Å². The molecule has 17 heavy (non-hydrogen) atoms. The van der Waals surface area contributed by atoms with E-state index in [1.165, 1.54) is 14.5 Å². The van der Waals surface area contributed by atoms with Crippen molar-refractivity contribution in [1.29, 1.82) is 0 Å². The van der Waals surface area contributed by atoms with E-state index in [4.69, 9.17) is 0 Å². The van der Waals surface area contributed by atoms with Gasteiger partial charge in [-0.2, -0.15) is 0 Å². The zero-order valence-electron chi connectivity index (χ0n) is 10.3. The zero-order chi connectivity index (χ0) is 12.1. The van der Waals surface area contributed by atoms with E-state index in [-0.39, 0.29) is 0 Å². The first kappa shape index (κ1) is 12.2. The minimum atomic E-state index is -1.02. The summed E-state index contributed by atoms with van der Waals surface area (Å²) >= 11 is -1.02. The summed E-state index contributed by atoms with van der Waals surface area (Å²) in [5, 5.41) is 0. The standard InChI is InChI=1S/C16H17Se/c1-14(2)13-17(15-9-5-3-6-10-15)16-11-7-4-8-12-16/h3-13H,1-2H3/q+1. The summed E-state index contributed by atoms with van der Waals surface area (Å²) in [6.07, 6.45) is 0. The molecule has 86 valence electrons. The van der Waals surface area contributed by atoms with Crippen LogP contribution in [0.3, 0.4) is 0 Å². The number of benzene rings is 2. The van der Waals surface area contributed by atoms with E-state index in [0.29, 0.717) is 0 Å². The van der Waals surface area contributed by atoms with Gasteiger partial charge in [0, 0.05) is 0 Å². The number of hydrogen-bond donors (Lipinski definition) is 0. The average molecular weight is 288 g/mol. The van der Waals surface area contributed by atoms with E-state index in [0.717, 1.165) is 0 Å². The zero-order valence-corrected chi connectivity index (χ0v) is 12.0. The van der Waals surface area contributed by atoms with Crippen molar-refractivity contribution in [3.8, 4) is 0 Å². The molecule has 0 atom stereocenters. The summed E-state index contributed by atoms with van der Waals surface area (Å²) in [6.45, 7) is 4.37. The predicted molar refractivity (Wildman–Crippen MR) is 77.3 cm³/mol. The van der Waals surface area contributed by atoms with Crippen molar-refractivity contribution in [3.63, 3.8) is 0 Å². The van der Waals surface area contributed by atoms with Crippen LogP contribution in [0.5, 0.6) is 0 Å². The Bertz CT molecular complexity index is 442. The molecule has 2 rings (SSSR count). The Labute approximate surface area is 108 Å². The van der Waals surface area contributed by atoms with Gasteiger partial charge < -0.3 is 0 Å². The molecular formula is C16H17Se+. The van der Waals surface area contributed by atoms with Crippen molar-refractivity contribution in [3.05, 3.63) is 71.2 Å². The first-order chi connectivity index (χ1) is 8.27. The van der Waals surface area contributed by atoms with Crippen molar-refractivity contribution < 1.29 is 0 Å². The van der Waals surface area contributed by atoms with Crippen LogP contribution in [0.1, 0.15) is 13.8 Å². The molecule has 0 unspecified atom stereocenters. The second-order valence-electron chi connectivity index (χ2n) is 4.16. The van der Waals surface area contributed by atoms with Crippen LogP contribution in [0.2, 0.25) is 0 Å². The second kappa shape index (κ2) is 5.86. The van der Waals surface area contributed by atoms with E-state index in [2.05, 4.69) is 79.5 Å². The topological polar surface area (TPSA) is 0 Å². The number of allylic oxidation sites excluding steroid dienone is 1. The number of hydrogen-bond acceptors (Lipinski definition) is 0. The minimum absolute atomic E-state index is 1.02. The van der Waals surface area contributed by atoms with Crippen LogP contribution >= 0.6 is 0 Å². The molecule has 0 aliphatic carbocycles. The molecule has 0 radical (unpaired) electrons. The summed E-state index contributed by atoms with van der Waals surface area (Å²) in [4.78, 5) is 2.45. The van der Waals surface area contributed by atoms with E-state index in [9.17, 15) is 0 Å². The molecule has 0 nitrogen and oxygen atoms in total. The molecule has 0 N–H and O–H groups in total. The first-order valence-electron chi connectivity index (χ1n) is 5.75. The maximum atomic E-state index is 2.45. The molecule has 0 bridgehead atoms. The molecule has 0 saturated heterocycles. The SMILES string of the molecule is CC(C)=C[Se+](c1ccccc1)c1ccccc1. The van der Waals surface area contributed by atoms with Crippen LogP contribution in [-0.2, 0) is 0 Å². The molecule has 0 fully saturated rings. The van der Waals surface area contributed by atoms with Crippen LogP contribution in [0.15, 0.2) is 71.2 Å². The Hall–Kier alpha value is -1.30. The van der Waals surface area contributed by atoms with Gasteiger partial charge in [-0.25, -0.2) is 0 Å². The van der Waals surface area contributed by atoms with Crippen molar-refractivity contribution >= 4 is 22.8 Å².